The largest absolute Gasteiger partial charge is 0.368 e. The Labute approximate surface area is 228 Å². The van der Waals surface area contributed by atoms with E-state index in [1.165, 1.54) is 6.07 Å². The van der Waals surface area contributed by atoms with Gasteiger partial charge in [-0.1, -0.05) is 65.1 Å². The molecule has 0 spiro atoms. The Hall–Kier alpha value is -3.52. The van der Waals surface area contributed by atoms with Crippen LogP contribution in [0.3, 0.4) is 0 Å². The van der Waals surface area contributed by atoms with Gasteiger partial charge in [0, 0.05) is 43.1 Å². The molecule has 0 aromatic heterocycles. The molecule has 3 amide bonds. The van der Waals surface area contributed by atoms with Crippen molar-refractivity contribution in [2.45, 2.75) is 0 Å². The highest BCUT2D eigenvalue weighted by Crippen LogP contribution is 2.37. The van der Waals surface area contributed by atoms with E-state index >= 15 is 0 Å². The molecule has 2 heterocycles. The number of benzene rings is 3. The predicted octanol–water partition coefficient (Wildman–Crippen LogP) is 5.39. The van der Waals surface area contributed by atoms with Crippen molar-refractivity contribution in [3.05, 3.63) is 99.1 Å². The van der Waals surface area contributed by atoms with Gasteiger partial charge in [0.1, 0.15) is 10.7 Å². The lowest BCUT2D eigenvalue weighted by Crippen LogP contribution is -2.48. The lowest BCUT2D eigenvalue weighted by Gasteiger charge is -2.36. The van der Waals surface area contributed by atoms with Crippen LogP contribution < -0.4 is 15.1 Å². The highest BCUT2D eigenvalue weighted by atomic mass is 35.5. The van der Waals surface area contributed by atoms with Gasteiger partial charge in [-0.3, -0.25) is 14.4 Å². The minimum Gasteiger partial charge on any atom is -0.368 e. The predicted molar refractivity (Wildman–Crippen MR) is 146 cm³/mol. The molecule has 3 aromatic rings. The zero-order chi connectivity index (χ0) is 26.1. The number of carbonyl (C=O) groups is 3. The van der Waals surface area contributed by atoms with Crippen molar-refractivity contribution in [3.8, 4) is 0 Å². The number of rotatable bonds is 5. The van der Waals surface area contributed by atoms with Crippen molar-refractivity contribution >= 4 is 69.6 Å². The van der Waals surface area contributed by atoms with E-state index in [2.05, 4.69) is 22.3 Å². The molecule has 0 saturated carbocycles. The summed E-state index contributed by atoms with van der Waals surface area (Å²) in [4.78, 5) is 44.1. The number of hydrogen-bond donors (Lipinski definition) is 1. The fourth-order valence-electron chi connectivity index (χ4n) is 4.36. The smallest absolute Gasteiger partial charge is 0.283 e. The molecule has 0 unspecified atom stereocenters. The number of hydrogen-bond acceptors (Lipinski definition) is 5. The number of nitrogens with one attached hydrogen (secondary N) is 1. The van der Waals surface area contributed by atoms with Crippen LogP contribution in [0.4, 0.5) is 17.1 Å². The minimum atomic E-state index is -0.721. The van der Waals surface area contributed by atoms with Crippen molar-refractivity contribution in [3.63, 3.8) is 0 Å². The Morgan fingerprint density at radius 3 is 2.22 bits per heavy atom. The van der Waals surface area contributed by atoms with E-state index < -0.39 is 11.8 Å². The van der Waals surface area contributed by atoms with Gasteiger partial charge >= 0.3 is 0 Å². The van der Waals surface area contributed by atoms with Crippen molar-refractivity contribution in [1.29, 1.82) is 0 Å². The molecule has 0 aliphatic carbocycles. The zero-order valence-corrected chi connectivity index (χ0v) is 21.7. The molecular weight excluding hydrogens is 535 g/mol. The summed E-state index contributed by atoms with van der Waals surface area (Å²) in [6, 6.07) is 21.5. The van der Waals surface area contributed by atoms with Crippen LogP contribution in [0.1, 0.15) is 10.4 Å². The number of halogens is 3. The molecule has 1 N–H and O–H groups in total. The summed E-state index contributed by atoms with van der Waals surface area (Å²) in [7, 11) is 0. The molecule has 2 aliphatic heterocycles. The Morgan fingerprint density at radius 2 is 1.49 bits per heavy atom. The van der Waals surface area contributed by atoms with E-state index in [1.807, 2.05) is 18.2 Å². The molecule has 1 saturated heterocycles. The summed E-state index contributed by atoms with van der Waals surface area (Å²) in [6.45, 7) is 2.64. The Kier molecular flexibility index (Phi) is 7.11. The molecule has 3 aromatic carbocycles. The molecule has 5 rings (SSSR count). The molecule has 0 atom stereocenters. The van der Waals surface area contributed by atoms with Crippen molar-refractivity contribution < 1.29 is 14.4 Å². The number of carbonyl (C=O) groups excluding carboxylic acids is 3. The van der Waals surface area contributed by atoms with Gasteiger partial charge in [0.05, 0.1) is 15.7 Å². The maximum absolute atomic E-state index is 13.2. The van der Waals surface area contributed by atoms with Gasteiger partial charge in [-0.2, -0.15) is 0 Å². The summed E-state index contributed by atoms with van der Waals surface area (Å²) in [5, 5.41) is 2.90. The number of piperazine rings is 1. The van der Waals surface area contributed by atoms with E-state index in [-0.39, 0.29) is 32.4 Å². The standard InChI is InChI=1S/C27H21Cl3N4O3/c28-20-10-5-11-21(22(20)29)34-26(36)23(30)24(27(34)37)31-18-7-4-6-17(16-18)25(35)33-14-12-32(13-15-33)19-8-2-1-3-9-19/h1-11,16,31H,12-15H2. The average Bonchev–Trinajstić information content (AvgIpc) is 3.13. The van der Waals surface area contributed by atoms with Crippen LogP contribution in [0, 0.1) is 0 Å². The van der Waals surface area contributed by atoms with Crippen LogP contribution in [0.25, 0.3) is 0 Å². The Balaban J connectivity index is 1.29. The molecule has 10 heteroatoms. The SMILES string of the molecule is O=C(c1cccc(NC2=C(Cl)C(=O)N(c3cccc(Cl)c3Cl)C2=O)c1)N1CCN(c2ccccc2)CC1. The normalized spacial score (nSPS) is 16.0. The number of nitrogens with zero attached hydrogens (tertiary/aromatic N) is 3. The number of imide groups is 1. The minimum absolute atomic E-state index is 0.0662. The number of amides is 3. The van der Waals surface area contributed by atoms with Gasteiger partial charge in [-0.15, -0.1) is 0 Å². The fourth-order valence-corrected chi connectivity index (χ4v) is 4.95. The van der Waals surface area contributed by atoms with E-state index in [9.17, 15) is 14.4 Å². The first-order valence-electron chi connectivity index (χ1n) is 11.5. The molecule has 0 bridgehead atoms. The van der Waals surface area contributed by atoms with Crippen molar-refractivity contribution in [2.75, 3.05) is 41.3 Å². The van der Waals surface area contributed by atoms with E-state index in [1.54, 1.807) is 41.3 Å². The highest BCUT2D eigenvalue weighted by molar-refractivity contribution is 6.54. The lowest BCUT2D eigenvalue weighted by atomic mass is 10.1. The summed E-state index contributed by atoms with van der Waals surface area (Å²) >= 11 is 18.5. The first-order valence-corrected chi connectivity index (χ1v) is 12.7. The molecular formula is C27H21Cl3N4O3. The second kappa shape index (κ2) is 10.5. The Morgan fingerprint density at radius 1 is 0.784 bits per heavy atom. The van der Waals surface area contributed by atoms with Crippen LogP contribution in [0.15, 0.2) is 83.5 Å². The van der Waals surface area contributed by atoms with Crippen molar-refractivity contribution in [2.24, 2.45) is 0 Å². The average molecular weight is 556 g/mol. The fraction of sp³-hybridized carbons (Fsp3) is 0.148. The molecule has 37 heavy (non-hydrogen) atoms. The van der Waals surface area contributed by atoms with Gasteiger partial charge in [0.25, 0.3) is 17.7 Å². The molecule has 2 aliphatic rings. The van der Waals surface area contributed by atoms with E-state index in [0.717, 1.165) is 23.7 Å². The lowest BCUT2D eigenvalue weighted by molar-refractivity contribution is -0.120. The van der Waals surface area contributed by atoms with Crippen LogP contribution in [-0.4, -0.2) is 48.8 Å². The molecule has 1 fully saturated rings. The third kappa shape index (κ3) is 4.90. The third-order valence-corrected chi connectivity index (χ3v) is 7.43. The van der Waals surface area contributed by atoms with E-state index in [4.69, 9.17) is 34.8 Å². The Bertz CT molecular complexity index is 1420. The van der Waals surface area contributed by atoms with Crippen LogP contribution >= 0.6 is 34.8 Å². The topological polar surface area (TPSA) is 73.0 Å². The third-order valence-electron chi connectivity index (χ3n) is 6.27. The summed E-state index contributed by atoms with van der Waals surface area (Å²) in [6.07, 6.45) is 0. The van der Waals surface area contributed by atoms with E-state index in [0.29, 0.717) is 24.3 Å². The molecule has 7 nitrogen and oxygen atoms in total. The highest BCUT2D eigenvalue weighted by Gasteiger charge is 2.40. The molecule has 188 valence electrons. The zero-order valence-electron chi connectivity index (χ0n) is 19.5. The van der Waals surface area contributed by atoms with Gasteiger partial charge in [0.2, 0.25) is 0 Å². The maximum atomic E-state index is 13.2. The first kappa shape index (κ1) is 25.1. The van der Waals surface area contributed by atoms with Crippen LogP contribution in [0.2, 0.25) is 10.0 Å². The van der Waals surface area contributed by atoms with Crippen LogP contribution in [-0.2, 0) is 9.59 Å². The van der Waals surface area contributed by atoms with Gasteiger partial charge in [-0.25, -0.2) is 4.90 Å². The monoisotopic (exact) mass is 554 g/mol. The number of para-hydroxylation sites is 1. The second-order valence-corrected chi connectivity index (χ2v) is 9.69. The summed E-state index contributed by atoms with van der Waals surface area (Å²) in [5.74, 6) is -1.51. The van der Waals surface area contributed by atoms with Gasteiger partial charge in [-0.05, 0) is 42.5 Å². The summed E-state index contributed by atoms with van der Waals surface area (Å²) < 4.78 is 0. The van der Waals surface area contributed by atoms with Crippen LogP contribution in [0.5, 0.6) is 0 Å². The maximum Gasteiger partial charge on any atom is 0.283 e. The second-order valence-electron chi connectivity index (χ2n) is 8.53. The van der Waals surface area contributed by atoms with Gasteiger partial charge in [0.15, 0.2) is 0 Å². The number of anilines is 3. The quantitative estimate of drug-likeness (QED) is 0.427. The summed E-state index contributed by atoms with van der Waals surface area (Å²) in [5.41, 5.74) is 2.07. The van der Waals surface area contributed by atoms with Crippen molar-refractivity contribution in [1.82, 2.24) is 4.90 Å². The molecule has 0 radical (unpaired) electrons. The first-order chi connectivity index (χ1) is 17.8. The van der Waals surface area contributed by atoms with Gasteiger partial charge < -0.3 is 15.1 Å².